The molecule has 0 aromatic carbocycles. The van der Waals surface area contributed by atoms with Crippen molar-refractivity contribution < 1.29 is 9.53 Å². The van der Waals surface area contributed by atoms with Gasteiger partial charge >= 0.3 is 0 Å². The highest BCUT2D eigenvalue weighted by atomic mass is 35.5. The van der Waals surface area contributed by atoms with E-state index in [4.69, 9.17) is 22.1 Å². The number of nitrogens with zero attached hydrogens (tertiary/aromatic N) is 2. The number of amides is 1. The van der Waals surface area contributed by atoms with Gasteiger partial charge in [-0.25, -0.2) is 4.98 Å². The molecule has 0 spiro atoms. The van der Waals surface area contributed by atoms with Gasteiger partial charge in [0.05, 0.1) is 29.6 Å². The molecular formula is C12H16ClN3O2. The number of carbonyl (C=O) groups is 1. The maximum absolute atomic E-state index is 12.4. The third-order valence-corrected chi connectivity index (χ3v) is 3.49. The first-order valence-corrected chi connectivity index (χ1v) is 6.18. The number of rotatable bonds is 2. The van der Waals surface area contributed by atoms with Gasteiger partial charge in [-0.1, -0.05) is 11.6 Å². The van der Waals surface area contributed by atoms with Crippen LogP contribution in [0.2, 0.25) is 5.15 Å². The number of pyridine rings is 1. The summed E-state index contributed by atoms with van der Waals surface area (Å²) in [5.41, 5.74) is 6.48. The minimum absolute atomic E-state index is 0.0393. The maximum Gasteiger partial charge on any atom is 0.256 e. The molecule has 18 heavy (non-hydrogen) atoms. The second-order valence-corrected chi connectivity index (χ2v) is 4.83. The molecule has 2 unspecified atom stereocenters. The smallest absolute Gasteiger partial charge is 0.256 e. The van der Waals surface area contributed by atoms with E-state index in [1.54, 1.807) is 11.9 Å². The third kappa shape index (κ3) is 2.42. The molecule has 1 aromatic rings. The normalized spacial score (nSPS) is 23.1. The van der Waals surface area contributed by atoms with Crippen molar-refractivity contribution >= 4 is 23.2 Å². The SMILES string of the molecule is CC1OCCC1N(C)C(=O)c1cc(Cl)ncc1N. The van der Waals surface area contributed by atoms with Crippen LogP contribution in [0.1, 0.15) is 23.7 Å². The molecule has 1 fully saturated rings. The van der Waals surface area contributed by atoms with Gasteiger partial charge in [-0.15, -0.1) is 0 Å². The number of ether oxygens (including phenoxy) is 1. The van der Waals surface area contributed by atoms with Crippen LogP contribution in [0.15, 0.2) is 12.3 Å². The van der Waals surface area contributed by atoms with Crippen molar-refractivity contribution in [3.05, 3.63) is 23.0 Å². The molecule has 2 N–H and O–H groups in total. The van der Waals surface area contributed by atoms with Crippen molar-refractivity contribution in [3.8, 4) is 0 Å². The van der Waals surface area contributed by atoms with Crippen molar-refractivity contribution in [2.24, 2.45) is 0 Å². The molecule has 0 bridgehead atoms. The summed E-state index contributed by atoms with van der Waals surface area (Å²) in [5, 5.41) is 0.261. The van der Waals surface area contributed by atoms with Gasteiger partial charge < -0.3 is 15.4 Å². The van der Waals surface area contributed by atoms with E-state index in [2.05, 4.69) is 4.98 Å². The Morgan fingerprint density at radius 2 is 2.39 bits per heavy atom. The largest absolute Gasteiger partial charge is 0.397 e. The van der Waals surface area contributed by atoms with Gasteiger partial charge in [0.15, 0.2) is 0 Å². The monoisotopic (exact) mass is 269 g/mol. The second kappa shape index (κ2) is 5.12. The number of carbonyl (C=O) groups excluding carboxylic acids is 1. The van der Waals surface area contributed by atoms with E-state index in [9.17, 15) is 4.79 Å². The molecule has 98 valence electrons. The Morgan fingerprint density at radius 3 is 3.00 bits per heavy atom. The molecule has 1 aromatic heterocycles. The second-order valence-electron chi connectivity index (χ2n) is 4.44. The number of halogens is 1. The summed E-state index contributed by atoms with van der Waals surface area (Å²) < 4.78 is 5.46. The summed E-state index contributed by atoms with van der Waals surface area (Å²) in [5.74, 6) is -0.154. The Morgan fingerprint density at radius 1 is 1.67 bits per heavy atom. The highest BCUT2D eigenvalue weighted by Gasteiger charge is 2.31. The Bertz CT molecular complexity index is 467. The Kier molecular flexibility index (Phi) is 3.73. The van der Waals surface area contributed by atoms with Crippen LogP contribution < -0.4 is 5.73 Å². The van der Waals surface area contributed by atoms with E-state index in [0.29, 0.717) is 17.9 Å². The summed E-state index contributed by atoms with van der Waals surface area (Å²) in [7, 11) is 1.76. The molecule has 2 rings (SSSR count). The lowest BCUT2D eigenvalue weighted by molar-refractivity contribution is 0.0575. The first-order chi connectivity index (χ1) is 8.50. The van der Waals surface area contributed by atoms with Crippen LogP contribution in [0.5, 0.6) is 0 Å². The molecule has 1 saturated heterocycles. The number of nitrogen functional groups attached to an aromatic ring is 1. The number of nitrogens with two attached hydrogens (primary N) is 1. The molecule has 0 aliphatic carbocycles. The van der Waals surface area contributed by atoms with Crippen LogP contribution in [0.4, 0.5) is 5.69 Å². The lowest BCUT2D eigenvalue weighted by Gasteiger charge is -2.27. The quantitative estimate of drug-likeness (QED) is 0.828. The van der Waals surface area contributed by atoms with Crippen LogP contribution in [-0.4, -0.2) is 41.6 Å². The summed E-state index contributed by atoms with van der Waals surface area (Å²) in [6.45, 7) is 2.64. The minimum atomic E-state index is -0.154. The minimum Gasteiger partial charge on any atom is -0.397 e. The summed E-state index contributed by atoms with van der Waals surface area (Å²) in [4.78, 5) is 17.9. The lowest BCUT2D eigenvalue weighted by Crippen LogP contribution is -2.41. The zero-order chi connectivity index (χ0) is 13.3. The molecule has 1 aliphatic rings. The molecule has 1 aliphatic heterocycles. The fourth-order valence-electron chi connectivity index (χ4n) is 2.20. The van der Waals surface area contributed by atoms with Crippen LogP contribution in [-0.2, 0) is 4.74 Å². The average Bonchev–Trinajstić information content (AvgIpc) is 2.77. The van der Waals surface area contributed by atoms with E-state index in [1.165, 1.54) is 12.3 Å². The van der Waals surface area contributed by atoms with Gasteiger partial charge in [-0.3, -0.25) is 4.79 Å². The van der Waals surface area contributed by atoms with Gasteiger partial charge in [0, 0.05) is 13.7 Å². The van der Waals surface area contributed by atoms with E-state index in [-0.39, 0.29) is 23.2 Å². The van der Waals surface area contributed by atoms with Crippen molar-refractivity contribution in [1.29, 1.82) is 0 Å². The average molecular weight is 270 g/mol. The highest BCUT2D eigenvalue weighted by molar-refractivity contribution is 6.29. The van der Waals surface area contributed by atoms with E-state index < -0.39 is 0 Å². The van der Waals surface area contributed by atoms with Crippen LogP contribution in [0.25, 0.3) is 0 Å². The molecule has 0 radical (unpaired) electrons. The third-order valence-electron chi connectivity index (χ3n) is 3.29. The Hall–Kier alpha value is -1.33. The fourth-order valence-corrected chi connectivity index (χ4v) is 2.35. The summed E-state index contributed by atoms with van der Waals surface area (Å²) in [6, 6.07) is 1.57. The zero-order valence-corrected chi connectivity index (χ0v) is 11.1. The van der Waals surface area contributed by atoms with Gasteiger partial charge in [-0.2, -0.15) is 0 Å². The van der Waals surface area contributed by atoms with Crippen molar-refractivity contribution in [2.75, 3.05) is 19.4 Å². The number of anilines is 1. The number of hydrogen-bond acceptors (Lipinski definition) is 4. The van der Waals surface area contributed by atoms with Crippen molar-refractivity contribution in [3.63, 3.8) is 0 Å². The number of likely N-dealkylation sites (N-methyl/N-ethyl adjacent to an activating group) is 1. The molecule has 2 atom stereocenters. The predicted octanol–water partition coefficient (Wildman–Crippen LogP) is 1.57. The number of hydrogen-bond donors (Lipinski definition) is 1. The van der Waals surface area contributed by atoms with E-state index in [0.717, 1.165) is 6.42 Å². The van der Waals surface area contributed by atoms with E-state index in [1.807, 2.05) is 6.92 Å². The van der Waals surface area contributed by atoms with Crippen molar-refractivity contribution in [2.45, 2.75) is 25.5 Å². The molecule has 2 heterocycles. The van der Waals surface area contributed by atoms with Crippen molar-refractivity contribution in [1.82, 2.24) is 9.88 Å². The molecule has 1 amide bonds. The first-order valence-electron chi connectivity index (χ1n) is 5.80. The standard InChI is InChI=1S/C12H16ClN3O2/c1-7-10(3-4-18-7)16(2)12(17)8-5-11(13)15-6-9(8)14/h5-7,10H,3-4,14H2,1-2H3. The fraction of sp³-hybridized carbons (Fsp3) is 0.500. The van der Waals surface area contributed by atoms with Gasteiger partial charge in [0.1, 0.15) is 5.15 Å². The molecule has 0 saturated carbocycles. The Labute approximate surface area is 111 Å². The Balaban J connectivity index is 2.22. The summed E-state index contributed by atoms with van der Waals surface area (Å²) >= 11 is 5.79. The topological polar surface area (TPSA) is 68.5 Å². The first kappa shape index (κ1) is 13.1. The lowest BCUT2D eigenvalue weighted by atomic mass is 10.1. The zero-order valence-electron chi connectivity index (χ0n) is 10.4. The van der Waals surface area contributed by atoms with Crippen LogP contribution >= 0.6 is 11.6 Å². The van der Waals surface area contributed by atoms with Crippen LogP contribution in [0.3, 0.4) is 0 Å². The van der Waals surface area contributed by atoms with Gasteiger partial charge in [0.25, 0.3) is 5.91 Å². The van der Waals surface area contributed by atoms with Crippen LogP contribution in [0, 0.1) is 0 Å². The van der Waals surface area contributed by atoms with Gasteiger partial charge in [0.2, 0.25) is 0 Å². The van der Waals surface area contributed by atoms with Gasteiger partial charge in [-0.05, 0) is 19.4 Å². The predicted molar refractivity (Wildman–Crippen MR) is 69.6 cm³/mol. The molecule has 6 heteroatoms. The van der Waals surface area contributed by atoms with E-state index >= 15 is 0 Å². The highest BCUT2D eigenvalue weighted by Crippen LogP contribution is 2.22. The maximum atomic E-state index is 12.4. The molecular weight excluding hydrogens is 254 g/mol. The number of aromatic nitrogens is 1. The molecule has 5 nitrogen and oxygen atoms in total. The summed E-state index contributed by atoms with van der Waals surface area (Å²) in [6.07, 6.45) is 2.28.